The van der Waals surface area contributed by atoms with Gasteiger partial charge in [0.1, 0.15) is 0 Å². The van der Waals surface area contributed by atoms with Gasteiger partial charge >= 0.3 is 6.03 Å². The van der Waals surface area contributed by atoms with Crippen LogP contribution in [-0.4, -0.2) is 65.4 Å². The zero-order valence-electron chi connectivity index (χ0n) is 14.2. The van der Waals surface area contributed by atoms with Gasteiger partial charge in [-0.15, -0.1) is 0 Å². The molecule has 2 aliphatic rings. The van der Waals surface area contributed by atoms with Crippen LogP contribution in [0.3, 0.4) is 0 Å². The van der Waals surface area contributed by atoms with Crippen molar-refractivity contribution in [1.82, 2.24) is 19.9 Å². The minimum Gasteiger partial charge on any atom is -0.381 e. The van der Waals surface area contributed by atoms with Gasteiger partial charge in [-0.25, -0.2) is 4.79 Å². The van der Waals surface area contributed by atoms with Gasteiger partial charge in [0.05, 0.1) is 5.92 Å². The van der Waals surface area contributed by atoms with Gasteiger partial charge in [-0.2, -0.15) is 4.98 Å². The second kappa shape index (κ2) is 6.47. The summed E-state index contributed by atoms with van der Waals surface area (Å²) in [5.74, 6) is 1.42. The number of aromatic nitrogens is 2. The zero-order chi connectivity index (χ0) is 16.4. The lowest BCUT2D eigenvalue weighted by Crippen LogP contribution is -2.43. The van der Waals surface area contributed by atoms with E-state index in [4.69, 9.17) is 9.26 Å². The first kappa shape index (κ1) is 16.2. The SMILES string of the molecule is CCN(CC)C(=O)N1CC(c2nc(C)no2)C2(CCOCC2)C1. The maximum atomic E-state index is 12.8. The van der Waals surface area contributed by atoms with E-state index < -0.39 is 0 Å². The lowest BCUT2D eigenvalue weighted by Gasteiger charge is -2.36. The van der Waals surface area contributed by atoms with Gasteiger partial charge < -0.3 is 19.1 Å². The van der Waals surface area contributed by atoms with E-state index >= 15 is 0 Å². The summed E-state index contributed by atoms with van der Waals surface area (Å²) in [5, 5.41) is 3.95. The molecule has 2 amide bonds. The topological polar surface area (TPSA) is 71.7 Å². The first-order valence-electron chi connectivity index (χ1n) is 8.51. The maximum absolute atomic E-state index is 12.8. The molecule has 0 N–H and O–H groups in total. The quantitative estimate of drug-likeness (QED) is 0.851. The average Bonchev–Trinajstić information content (AvgIpc) is 3.13. The number of likely N-dealkylation sites (tertiary alicyclic amines) is 1. The maximum Gasteiger partial charge on any atom is 0.320 e. The molecule has 0 aromatic carbocycles. The Morgan fingerprint density at radius 3 is 2.61 bits per heavy atom. The Labute approximate surface area is 137 Å². The molecule has 0 bridgehead atoms. The standard InChI is InChI=1S/C16H26N4O3/c1-4-19(5-2)15(21)20-10-13(14-17-12(3)18-23-14)16(11-20)6-8-22-9-7-16/h13H,4-11H2,1-3H3. The molecule has 2 aliphatic heterocycles. The first-order chi connectivity index (χ1) is 11.1. The molecule has 1 atom stereocenters. The summed E-state index contributed by atoms with van der Waals surface area (Å²) in [6.07, 6.45) is 1.86. The molecule has 7 heteroatoms. The summed E-state index contributed by atoms with van der Waals surface area (Å²) in [7, 11) is 0. The van der Waals surface area contributed by atoms with Crippen LogP contribution < -0.4 is 0 Å². The van der Waals surface area contributed by atoms with Crippen molar-refractivity contribution < 1.29 is 14.1 Å². The molecule has 23 heavy (non-hydrogen) atoms. The summed E-state index contributed by atoms with van der Waals surface area (Å²) in [6, 6.07) is 0.111. The minimum absolute atomic E-state index is 0.0000359. The molecule has 0 aliphatic carbocycles. The van der Waals surface area contributed by atoms with Gasteiger partial charge in [-0.05, 0) is 33.6 Å². The van der Waals surface area contributed by atoms with E-state index in [2.05, 4.69) is 10.1 Å². The summed E-state index contributed by atoms with van der Waals surface area (Å²) in [5.41, 5.74) is 0.0000359. The van der Waals surface area contributed by atoms with E-state index in [0.717, 1.165) is 45.7 Å². The third kappa shape index (κ3) is 2.94. The lowest BCUT2D eigenvalue weighted by atomic mass is 9.72. The Morgan fingerprint density at radius 2 is 2.04 bits per heavy atom. The van der Waals surface area contributed by atoms with Gasteiger partial charge in [0.15, 0.2) is 5.82 Å². The number of ether oxygens (including phenoxy) is 1. The number of aryl methyl sites for hydroxylation is 1. The average molecular weight is 322 g/mol. The van der Waals surface area contributed by atoms with Crippen molar-refractivity contribution >= 4 is 6.03 Å². The van der Waals surface area contributed by atoms with Crippen LogP contribution in [0.4, 0.5) is 4.79 Å². The molecule has 1 aromatic heterocycles. The fourth-order valence-electron chi connectivity index (χ4n) is 3.89. The normalized spacial score (nSPS) is 23.4. The van der Waals surface area contributed by atoms with Crippen LogP contribution in [0.2, 0.25) is 0 Å². The highest BCUT2D eigenvalue weighted by Crippen LogP contribution is 2.49. The fraction of sp³-hybridized carbons (Fsp3) is 0.812. The molecule has 1 aromatic rings. The third-order valence-electron chi connectivity index (χ3n) is 5.28. The monoisotopic (exact) mass is 322 g/mol. The number of amides is 2. The van der Waals surface area contributed by atoms with Crippen molar-refractivity contribution in [3.8, 4) is 0 Å². The largest absolute Gasteiger partial charge is 0.381 e. The molecular weight excluding hydrogens is 296 g/mol. The summed E-state index contributed by atoms with van der Waals surface area (Å²) < 4.78 is 11.0. The highest BCUT2D eigenvalue weighted by atomic mass is 16.5. The smallest absolute Gasteiger partial charge is 0.320 e. The van der Waals surface area contributed by atoms with Crippen molar-refractivity contribution in [3.63, 3.8) is 0 Å². The van der Waals surface area contributed by atoms with Crippen molar-refractivity contribution in [1.29, 1.82) is 0 Å². The van der Waals surface area contributed by atoms with E-state index in [1.807, 2.05) is 30.6 Å². The summed E-state index contributed by atoms with van der Waals surface area (Å²) in [6.45, 7) is 10.2. The molecule has 3 heterocycles. The van der Waals surface area contributed by atoms with Crippen molar-refractivity contribution in [2.75, 3.05) is 39.4 Å². The number of nitrogens with zero attached hydrogens (tertiary/aromatic N) is 4. The molecule has 3 rings (SSSR count). The Kier molecular flexibility index (Phi) is 4.57. The predicted octanol–water partition coefficient (Wildman–Crippen LogP) is 2.04. The van der Waals surface area contributed by atoms with Crippen LogP contribution >= 0.6 is 0 Å². The van der Waals surface area contributed by atoms with Crippen LogP contribution in [-0.2, 0) is 4.74 Å². The number of hydrogen-bond acceptors (Lipinski definition) is 5. The van der Waals surface area contributed by atoms with E-state index in [-0.39, 0.29) is 17.4 Å². The molecule has 0 radical (unpaired) electrons. The molecule has 7 nitrogen and oxygen atoms in total. The van der Waals surface area contributed by atoms with Crippen molar-refractivity contribution in [3.05, 3.63) is 11.7 Å². The molecular formula is C16H26N4O3. The van der Waals surface area contributed by atoms with Crippen LogP contribution in [0.15, 0.2) is 4.52 Å². The molecule has 0 saturated carbocycles. The highest BCUT2D eigenvalue weighted by Gasteiger charge is 2.52. The molecule has 1 unspecified atom stereocenters. The van der Waals surface area contributed by atoms with Crippen molar-refractivity contribution in [2.24, 2.45) is 5.41 Å². The lowest BCUT2D eigenvalue weighted by molar-refractivity contribution is 0.00896. The highest BCUT2D eigenvalue weighted by molar-refractivity contribution is 5.75. The number of hydrogen-bond donors (Lipinski definition) is 0. The Morgan fingerprint density at radius 1 is 1.35 bits per heavy atom. The van der Waals surface area contributed by atoms with Gasteiger partial charge in [0.2, 0.25) is 5.89 Å². The third-order valence-corrected chi connectivity index (χ3v) is 5.28. The Hall–Kier alpha value is -1.63. The van der Waals surface area contributed by atoms with Gasteiger partial charge in [0.25, 0.3) is 0 Å². The molecule has 2 fully saturated rings. The number of rotatable bonds is 3. The minimum atomic E-state index is 0.0000359. The van der Waals surface area contributed by atoms with Crippen molar-refractivity contribution in [2.45, 2.75) is 39.5 Å². The van der Waals surface area contributed by atoms with Crippen LogP contribution in [0.25, 0.3) is 0 Å². The number of urea groups is 1. The molecule has 1 spiro atoms. The molecule has 2 saturated heterocycles. The second-order valence-corrected chi connectivity index (χ2v) is 6.54. The fourth-order valence-corrected chi connectivity index (χ4v) is 3.89. The predicted molar refractivity (Wildman–Crippen MR) is 84.2 cm³/mol. The second-order valence-electron chi connectivity index (χ2n) is 6.54. The van der Waals surface area contributed by atoms with Crippen LogP contribution in [0, 0.1) is 12.3 Å². The number of carbonyl (C=O) groups is 1. The zero-order valence-corrected chi connectivity index (χ0v) is 14.2. The Bertz CT molecular complexity index is 549. The van der Waals surface area contributed by atoms with Gasteiger partial charge in [-0.3, -0.25) is 0 Å². The summed E-state index contributed by atoms with van der Waals surface area (Å²) >= 11 is 0. The van der Waals surface area contributed by atoms with Gasteiger partial charge in [0, 0.05) is 44.8 Å². The van der Waals surface area contributed by atoms with E-state index in [9.17, 15) is 4.79 Å². The van der Waals surface area contributed by atoms with Gasteiger partial charge in [-0.1, -0.05) is 5.16 Å². The van der Waals surface area contributed by atoms with E-state index in [0.29, 0.717) is 18.3 Å². The Balaban J connectivity index is 1.86. The van der Waals surface area contributed by atoms with E-state index in [1.54, 1.807) is 0 Å². The first-order valence-corrected chi connectivity index (χ1v) is 8.51. The number of carbonyl (C=O) groups excluding carboxylic acids is 1. The van der Waals surface area contributed by atoms with E-state index in [1.165, 1.54) is 0 Å². The van der Waals surface area contributed by atoms with Crippen LogP contribution in [0.1, 0.15) is 44.3 Å². The van der Waals surface area contributed by atoms with Crippen LogP contribution in [0.5, 0.6) is 0 Å². The molecule has 128 valence electrons. The summed E-state index contributed by atoms with van der Waals surface area (Å²) in [4.78, 5) is 21.1.